The van der Waals surface area contributed by atoms with Crippen LogP contribution in [-0.4, -0.2) is 33.8 Å². The van der Waals surface area contributed by atoms with Crippen molar-refractivity contribution in [3.05, 3.63) is 75.3 Å². The number of Topliss-reactive ketones (excluding diaryl/α,β-unsaturated/α-hetero) is 1. The van der Waals surface area contributed by atoms with E-state index in [1.165, 1.54) is 12.1 Å². The molecule has 0 spiro atoms. The summed E-state index contributed by atoms with van der Waals surface area (Å²) in [6, 6.07) is 12.2. The van der Waals surface area contributed by atoms with Crippen LogP contribution in [0.15, 0.2) is 48.5 Å². The van der Waals surface area contributed by atoms with Crippen LogP contribution in [0.25, 0.3) is 0 Å². The third kappa shape index (κ3) is 5.86. The summed E-state index contributed by atoms with van der Waals surface area (Å²) in [5, 5.41) is 13.4. The summed E-state index contributed by atoms with van der Waals surface area (Å²) in [5.74, 6) is -0.613. The van der Waals surface area contributed by atoms with Crippen molar-refractivity contribution in [3.8, 4) is 0 Å². The van der Waals surface area contributed by atoms with Crippen LogP contribution in [0.5, 0.6) is 0 Å². The van der Waals surface area contributed by atoms with E-state index in [1.807, 2.05) is 6.07 Å². The molecular formula is C19H19N4O5+. The maximum absolute atomic E-state index is 12.2. The van der Waals surface area contributed by atoms with E-state index < -0.39 is 22.8 Å². The fourth-order valence-corrected chi connectivity index (χ4v) is 2.49. The standard InChI is InChI=1S/C19H18N4O5/c1-13-7-8-16(23(26)27)9-15(13)10-17(18(24)11-21-20)22-19(25)28-12-14-5-3-2-4-6-14/h2-9,11,17,20H,10,12H2,1H3/p+1. The minimum Gasteiger partial charge on any atom is -0.445 e. The number of carbonyl (C=O) groups excluding carboxylic acids is 2. The van der Waals surface area contributed by atoms with Crippen LogP contribution in [-0.2, 0) is 22.6 Å². The van der Waals surface area contributed by atoms with Gasteiger partial charge in [0, 0.05) is 18.6 Å². The topological polar surface area (TPSA) is 136 Å². The molecule has 28 heavy (non-hydrogen) atoms. The number of nitro groups is 1. The second-order valence-electron chi connectivity index (χ2n) is 5.99. The maximum atomic E-state index is 12.2. The fraction of sp³-hybridized carbons (Fsp3) is 0.211. The average Bonchev–Trinajstić information content (AvgIpc) is 2.68. The molecule has 2 aromatic rings. The summed E-state index contributed by atoms with van der Waals surface area (Å²) in [6.07, 6.45) is -0.0446. The molecule has 0 bridgehead atoms. The number of nitrogens with zero attached hydrogens (tertiary/aromatic N) is 2. The Kier molecular flexibility index (Phi) is 7.13. The zero-order valence-corrected chi connectivity index (χ0v) is 15.1. The lowest BCUT2D eigenvalue weighted by Crippen LogP contribution is -2.43. The van der Waals surface area contributed by atoms with Gasteiger partial charge in [0.15, 0.2) is 0 Å². The monoisotopic (exact) mass is 383 g/mol. The van der Waals surface area contributed by atoms with Gasteiger partial charge >= 0.3 is 12.3 Å². The number of amides is 1. The first-order valence-corrected chi connectivity index (χ1v) is 8.35. The summed E-state index contributed by atoms with van der Waals surface area (Å²) < 4.78 is 5.11. The number of nitro benzene ring substituents is 1. The van der Waals surface area contributed by atoms with Crippen molar-refractivity contribution in [1.29, 1.82) is 5.53 Å². The molecule has 1 unspecified atom stereocenters. The van der Waals surface area contributed by atoms with Crippen LogP contribution in [0.2, 0.25) is 0 Å². The molecule has 1 atom stereocenters. The fourth-order valence-electron chi connectivity index (χ4n) is 2.49. The Morgan fingerprint density at radius 3 is 2.64 bits per heavy atom. The van der Waals surface area contributed by atoms with Crippen molar-refractivity contribution in [2.75, 3.05) is 0 Å². The highest BCUT2D eigenvalue weighted by molar-refractivity contribution is 6.28. The second-order valence-corrected chi connectivity index (χ2v) is 5.99. The van der Waals surface area contributed by atoms with E-state index in [0.29, 0.717) is 5.56 Å². The molecule has 2 N–H and O–H groups in total. The number of hydrogen-bond donors (Lipinski definition) is 2. The first-order valence-electron chi connectivity index (χ1n) is 8.35. The Bertz CT molecular complexity index is 923. The Hall–Kier alpha value is -3.84. The van der Waals surface area contributed by atoms with Crippen LogP contribution in [0.4, 0.5) is 10.5 Å². The molecule has 9 heteroatoms. The van der Waals surface area contributed by atoms with E-state index >= 15 is 0 Å². The minimum absolute atomic E-state index is 0.00119. The SMILES string of the molecule is Cc1ccc([N+](=O)[O-])cc1CC(NC(=O)OCc1ccccc1)C(=O)C=[N+]=N. The average molecular weight is 383 g/mol. The number of hydrogen-bond acceptors (Lipinski definition) is 6. The third-order valence-electron chi connectivity index (χ3n) is 4.01. The van der Waals surface area contributed by atoms with Crippen LogP contribution in [0.3, 0.4) is 0 Å². The van der Waals surface area contributed by atoms with Crippen molar-refractivity contribution in [3.63, 3.8) is 0 Å². The highest BCUT2D eigenvalue weighted by Crippen LogP contribution is 2.19. The van der Waals surface area contributed by atoms with Crippen LogP contribution in [0.1, 0.15) is 16.7 Å². The quantitative estimate of drug-likeness (QED) is 0.237. The van der Waals surface area contributed by atoms with E-state index in [-0.39, 0.29) is 18.7 Å². The van der Waals surface area contributed by atoms with E-state index in [9.17, 15) is 19.7 Å². The van der Waals surface area contributed by atoms with Gasteiger partial charge in [-0.2, -0.15) is 0 Å². The maximum Gasteiger partial charge on any atom is 0.408 e. The van der Waals surface area contributed by atoms with E-state index in [2.05, 4.69) is 10.1 Å². The molecule has 0 aliphatic heterocycles. The lowest BCUT2D eigenvalue weighted by atomic mass is 9.98. The van der Waals surface area contributed by atoms with Gasteiger partial charge in [-0.3, -0.25) is 14.9 Å². The molecule has 0 saturated heterocycles. The summed E-state index contributed by atoms with van der Waals surface area (Å²) in [5.41, 5.74) is 8.74. The summed E-state index contributed by atoms with van der Waals surface area (Å²) >= 11 is 0. The van der Waals surface area contributed by atoms with E-state index in [4.69, 9.17) is 10.3 Å². The van der Waals surface area contributed by atoms with Crippen LogP contribution < -0.4 is 5.32 Å². The van der Waals surface area contributed by atoms with Crippen molar-refractivity contribution < 1.29 is 24.0 Å². The zero-order valence-electron chi connectivity index (χ0n) is 15.1. The zero-order chi connectivity index (χ0) is 20.5. The molecule has 0 aliphatic carbocycles. The molecule has 0 aromatic heterocycles. The number of carbonyl (C=O) groups is 2. The number of alkyl carbamates (subject to hydrolysis) is 1. The molecular weight excluding hydrogens is 364 g/mol. The van der Waals surface area contributed by atoms with Gasteiger partial charge in [-0.05, 0) is 23.6 Å². The van der Waals surface area contributed by atoms with Crippen molar-refractivity contribution in [1.82, 2.24) is 5.32 Å². The molecule has 2 aromatic carbocycles. The molecule has 2 rings (SSSR count). The predicted molar refractivity (Wildman–Crippen MR) is 99.1 cm³/mol. The van der Waals surface area contributed by atoms with Crippen LogP contribution >= 0.6 is 0 Å². The van der Waals surface area contributed by atoms with Gasteiger partial charge in [0.05, 0.1) is 15.2 Å². The van der Waals surface area contributed by atoms with Gasteiger partial charge in [-0.15, -0.1) is 0 Å². The van der Waals surface area contributed by atoms with Crippen molar-refractivity contribution in [2.45, 2.75) is 26.0 Å². The Morgan fingerprint density at radius 1 is 1.29 bits per heavy atom. The van der Waals surface area contributed by atoms with Crippen molar-refractivity contribution >= 4 is 23.8 Å². The predicted octanol–water partition coefficient (Wildman–Crippen LogP) is 2.62. The first-order chi connectivity index (χ1) is 13.4. The number of benzene rings is 2. The van der Waals surface area contributed by atoms with Gasteiger partial charge < -0.3 is 10.1 Å². The van der Waals surface area contributed by atoms with Crippen molar-refractivity contribution in [2.24, 2.45) is 0 Å². The van der Waals surface area contributed by atoms with Gasteiger partial charge in [-0.25, -0.2) is 4.79 Å². The van der Waals surface area contributed by atoms with E-state index in [0.717, 1.165) is 17.3 Å². The Labute approximate surface area is 160 Å². The van der Waals surface area contributed by atoms with Gasteiger partial charge in [-0.1, -0.05) is 36.4 Å². The normalized spacial score (nSPS) is 11.0. The lowest BCUT2D eigenvalue weighted by molar-refractivity contribution is -0.384. The number of aryl methyl sites for hydroxylation is 1. The first kappa shape index (κ1) is 20.5. The summed E-state index contributed by atoms with van der Waals surface area (Å²) in [7, 11) is 0. The highest BCUT2D eigenvalue weighted by atomic mass is 16.6. The second kappa shape index (κ2) is 9.75. The van der Waals surface area contributed by atoms with Gasteiger partial charge in [0.25, 0.3) is 11.5 Å². The molecule has 0 aliphatic rings. The van der Waals surface area contributed by atoms with E-state index in [1.54, 1.807) is 37.3 Å². The third-order valence-corrected chi connectivity index (χ3v) is 4.01. The summed E-state index contributed by atoms with van der Waals surface area (Å²) in [4.78, 5) is 37.7. The molecule has 1 amide bonds. The Balaban J connectivity index is 2.13. The van der Waals surface area contributed by atoms with Gasteiger partial charge in [0.1, 0.15) is 12.6 Å². The molecule has 9 nitrogen and oxygen atoms in total. The molecule has 0 heterocycles. The molecule has 0 saturated carbocycles. The minimum atomic E-state index is -1.07. The van der Waals surface area contributed by atoms with Crippen LogP contribution in [0, 0.1) is 22.6 Å². The largest absolute Gasteiger partial charge is 0.445 e. The summed E-state index contributed by atoms with van der Waals surface area (Å²) in [6.45, 7) is 1.77. The number of ether oxygens (including phenoxy) is 1. The number of non-ortho nitro benzene ring substituents is 1. The number of rotatable bonds is 8. The smallest absolute Gasteiger partial charge is 0.408 e. The highest BCUT2D eigenvalue weighted by Gasteiger charge is 2.25. The lowest BCUT2D eigenvalue weighted by Gasteiger charge is -2.16. The molecule has 0 radical (unpaired) electrons. The molecule has 144 valence electrons. The number of ketones is 1. The molecule has 0 fully saturated rings. The van der Waals surface area contributed by atoms with Gasteiger partial charge in [0.2, 0.25) is 0 Å². The Morgan fingerprint density at radius 2 is 2.00 bits per heavy atom. The number of nitrogens with one attached hydrogen (secondary N) is 2.